The van der Waals surface area contributed by atoms with Gasteiger partial charge < -0.3 is 30.3 Å². The molecule has 2 amide bonds. The number of urea groups is 1. The third-order valence-corrected chi connectivity index (χ3v) is 2.74. The van der Waals surface area contributed by atoms with E-state index in [0.717, 1.165) is 6.92 Å². The molecule has 1 saturated heterocycles. The van der Waals surface area contributed by atoms with Crippen LogP contribution in [0.2, 0.25) is 0 Å². The number of aliphatic carboxylic acids is 1. The number of carbonyl (C=O) groups excluding carboxylic acids is 1. The number of carboxylic acids is 1. The SMILES string of the molecule is CC(O)(CNC(=O)N1CCOCC1CO)C(=O)O. The number of aliphatic hydroxyl groups is 2. The molecule has 0 aromatic rings. The van der Waals surface area contributed by atoms with Crippen molar-refractivity contribution in [3.8, 4) is 0 Å². The third kappa shape index (κ3) is 3.56. The first-order chi connectivity index (χ1) is 8.38. The number of ether oxygens (including phenoxy) is 1. The summed E-state index contributed by atoms with van der Waals surface area (Å²) < 4.78 is 5.11. The van der Waals surface area contributed by atoms with E-state index in [4.69, 9.17) is 14.9 Å². The van der Waals surface area contributed by atoms with Gasteiger partial charge in [-0.05, 0) is 6.92 Å². The van der Waals surface area contributed by atoms with Crippen molar-refractivity contribution in [1.82, 2.24) is 10.2 Å². The summed E-state index contributed by atoms with van der Waals surface area (Å²) in [6.07, 6.45) is 0. The first-order valence-corrected chi connectivity index (χ1v) is 5.57. The van der Waals surface area contributed by atoms with Crippen molar-refractivity contribution in [2.45, 2.75) is 18.6 Å². The van der Waals surface area contributed by atoms with Crippen molar-refractivity contribution in [2.75, 3.05) is 32.9 Å². The molecule has 1 rings (SSSR count). The third-order valence-electron chi connectivity index (χ3n) is 2.74. The Morgan fingerprint density at radius 1 is 1.56 bits per heavy atom. The van der Waals surface area contributed by atoms with E-state index in [-0.39, 0.29) is 13.2 Å². The van der Waals surface area contributed by atoms with Crippen molar-refractivity contribution >= 4 is 12.0 Å². The van der Waals surface area contributed by atoms with E-state index >= 15 is 0 Å². The zero-order valence-electron chi connectivity index (χ0n) is 10.1. The number of nitrogens with zero attached hydrogens (tertiary/aromatic N) is 1. The van der Waals surface area contributed by atoms with Gasteiger partial charge in [-0.25, -0.2) is 9.59 Å². The van der Waals surface area contributed by atoms with Crippen molar-refractivity contribution in [3.63, 3.8) is 0 Å². The van der Waals surface area contributed by atoms with Gasteiger partial charge in [0, 0.05) is 6.54 Å². The van der Waals surface area contributed by atoms with Crippen LogP contribution < -0.4 is 5.32 Å². The lowest BCUT2D eigenvalue weighted by molar-refractivity contribution is -0.155. The smallest absolute Gasteiger partial charge is 0.337 e. The van der Waals surface area contributed by atoms with Crippen LogP contribution in [0, 0.1) is 0 Å². The Hall–Kier alpha value is -1.38. The van der Waals surface area contributed by atoms with Crippen molar-refractivity contribution in [3.05, 3.63) is 0 Å². The van der Waals surface area contributed by atoms with Crippen LogP contribution in [0.5, 0.6) is 0 Å². The molecule has 2 atom stereocenters. The van der Waals surface area contributed by atoms with E-state index in [0.29, 0.717) is 13.2 Å². The highest BCUT2D eigenvalue weighted by Gasteiger charge is 2.32. The quantitative estimate of drug-likeness (QED) is 0.476. The van der Waals surface area contributed by atoms with Crippen LogP contribution in [0.4, 0.5) is 4.79 Å². The fraction of sp³-hybridized carbons (Fsp3) is 0.800. The number of hydrogen-bond donors (Lipinski definition) is 4. The first-order valence-electron chi connectivity index (χ1n) is 5.57. The van der Waals surface area contributed by atoms with Crippen LogP contribution in [0.15, 0.2) is 0 Å². The number of hydrogen-bond acceptors (Lipinski definition) is 5. The van der Waals surface area contributed by atoms with Crippen LogP contribution in [-0.2, 0) is 9.53 Å². The second-order valence-electron chi connectivity index (χ2n) is 4.34. The number of carboxylic acid groups (broad SMARTS) is 1. The fourth-order valence-corrected chi connectivity index (χ4v) is 1.50. The summed E-state index contributed by atoms with van der Waals surface area (Å²) in [6.45, 7) is 1.36. The maximum Gasteiger partial charge on any atom is 0.337 e. The minimum atomic E-state index is -2.02. The molecule has 2 unspecified atom stereocenters. The van der Waals surface area contributed by atoms with Gasteiger partial charge >= 0.3 is 12.0 Å². The number of carbonyl (C=O) groups is 2. The molecule has 4 N–H and O–H groups in total. The Morgan fingerprint density at radius 3 is 2.78 bits per heavy atom. The van der Waals surface area contributed by atoms with Crippen LogP contribution >= 0.6 is 0 Å². The van der Waals surface area contributed by atoms with Gasteiger partial charge in [0.1, 0.15) is 0 Å². The van der Waals surface area contributed by atoms with Gasteiger partial charge in [-0.2, -0.15) is 0 Å². The molecule has 0 saturated carbocycles. The van der Waals surface area contributed by atoms with Crippen molar-refractivity contribution in [2.24, 2.45) is 0 Å². The zero-order valence-corrected chi connectivity index (χ0v) is 10.1. The van der Waals surface area contributed by atoms with Gasteiger partial charge in [-0.1, -0.05) is 0 Å². The summed E-state index contributed by atoms with van der Waals surface area (Å²) >= 11 is 0. The van der Waals surface area contributed by atoms with Crippen LogP contribution in [0.25, 0.3) is 0 Å². The van der Waals surface area contributed by atoms with Crippen LogP contribution in [0.3, 0.4) is 0 Å². The molecule has 0 aliphatic carbocycles. The Labute approximate surface area is 104 Å². The predicted molar refractivity (Wildman–Crippen MR) is 60.1 cm³/mol. The molecule has 8 heteroatoms. The Kier molecular flexibility index (Phi) is 4.88. The van der Waals surface area contributed by atoms with E-state index in [1.807, 2.05) is 0 Å². The van der Waals surface area contributed by atoms with E-state index < -0.39 is 30.2 Å². The lowest BCUT2D eigenvalue weighted by atomic mass is 10.1. The largest absolute Gasteiger partial charge is 0.479 e. The minimum Gasteiger partial charge on any atom is -0.479 e. The molecule has 104 valence electrons. The highest BCUT2D eigenvalue weighted by atomic mass is 16.5. The molecule has 0 bridgehead atoms. The fourth-order valence-electron chi connectivity index (χ4n) is 1.50. The summed E-state index contributed by atoms with van der Waals surface area (Å²) in [5.74, 6) is -1.41. The van der Waals surface area contributed by atoms with E-state index in [2.05, 4.69) is 5.32 Å². The number of aliphatic hydroxyl groups excluding tert-OH is 1. The Bertz CT molecular complexity index is 319. The predicted octanol–water partition coefficient (Wildman–Crippen LogP) is -1.78. The summed E-state index contributed by atoms with van der Waals surface area (Å²) in [7, 11) is 0. The maximum atomic E-state index is 11.8. The summed E-state index contributed by atoms with van der Waals surface area (Å²) in [5.41, 5.74) is -2.02. The summed E-state index contributed by atoms with van der Waals surface area (Å²) in [4.78, 5) is 23.8. The molecule has 1 aliphatic heterocycles. The van der Waals surface area contributed by atoms with Gasteiger partial charge in [0.25, 0.3) is 0 Å². The van der Waals surface area contributed by atoms with Crippen molar-refractivity contribution < 1.29 is 29.6 Å². The number of morpholine rings is 1. The van der Waals surface area contributed by atoms with Gasteiger partial charge in [0.05, 0.1) is 32.4 Å². The summed E-state index contributed by atoms with van der Waals surface area (Å²) in [5, 5.41) is 29.6. The minimum absolute atomic E-state index is 0.233. The van der Waals surface area contributed by atoms with E-state index in [1.165, 1.54) is 4.90 Å². The molecule has 0 aromatic carbocycles. The average molecular weight is 262 g/mol. The maximum absolute atomic E-state index is 11.8. The molecule has 0 aromatic heterocycles. The Balaban J connectivity index is 2.51. The average Bonchev–Trinajstić information content (AvgIpc) is 2.35. The number of amides is 2. The molecule has 8 nitrogen and oxygen atoms in total. The number of nitrogens with one attached hydrogen (secondary N) is 1. The molecule has 18 heavy (non-hydrogen) atoms. The molecule has 1 aliphatic rings. The molecule has 1 fully saturated rings. The topological polar surface area (TPSA) is 119 Å². The van der Waals surface area contributed by atoms with Gasteiger partial charge in [-0.15, -0.1) is 0 Å². The normalized spacial score (nSPS) is 23.3. The molecule has 1 heterocycles. The molecule has 0 radical (unpaired) electrons. The van der Waals surface area contributed by atoms with E-state index in [9.17, 15) is 14.7 Å². The Morgan fingerprint density at radius 2 is 2.22 bits per heavy atom. The monoisotopic (exact) mass is 262 g/mol. The van der Waals surface area contributed by atoms with Crippen molar-refractivity contribution in [1.29, 1.82) is 0 Å². The standard InChI is InChI=1S/C10H18N2O6/c1-10(17,8(14)15)6-11-9(16)12-2-3-18-5-7(12)4-13/h7,13,17H,2-6H2,1H3,(H,11,16)(H,14,15). The highest BCUT2D eigenvalue weighted by Crippen LogP contribution is 2.07. The number of rotatable bonds is 4. The second kappa shape index (κ2) is 5.98. The second-order valence-corrected chi connectivity index (χ2v) is 4.34. The molecular formula is C10H18N2O6. The highest BCUT2D eigenvalue weighted by molar-refractivity contribution is 5.79. The molecular weight excluding hydrogens is 244 g/mol. The molecule has 0 spiro atoms. The summed E-state index contributed by atoms with van der Waals surface area (Å²) in [6, 6.07) is -0.979. The van der Waals surface area contributed by atoms with Crippen LogP contribution in [0.1, 0.15) is 6.92 Å². The van der Waals surface area contributed by atoms with Gasteiger partial charge in [-0.3, -0.25) is 0 Å². The lowest BCUT2D eigenvalue weighted by Gasteiger charge is -2.34. The lowest BCUT2D eigenvalue weighted by Crippen LogP contribution is -2.56. The van der Waals surface area contributed by atoms with E-state index in [1.54, 1.807) is 0 Å². The van der Waals surface area contributed by atoms with Gasteiger partial charge in [0.15, 0.2) is 5.60 Å². The first kappa shape index (κ1) is 14.7. The van der Waals surface area contributed by atoms with Crippen LogP contribution in [-0.4, -0.2) is 76.8 Å². The van der Waals surface area contributed by atoms with Gasteiger partial charge in [0.2, 0.25) is 0 Å². The zero-order chi connectivity index (χ0) is 13.8.